The van der Waals surface area contributed by atoms with E-state index in [0.717, 1.165) is 0 Å². The van der Waals surface area contributed by atoms with Crippen molar-refractivity contribution in [3.63, 3.8) is 0 Å². The van der Waals surface area contributed by atoms with Crippen LogP contribution in [0.1, 0.15) is 6.42 Å². The van der Waals surface area contributed by atoms with Crippen molar-refractivity contribution < 1.29 is 24.2 Å². The molecular formula is C11H13FN2O4. The maximum absolute atomic E-state index is 13.3. The van der Waals surface area contributed by atoms with Gasteiger partial charge in [0.05, 0.1) is 5.69 Å². The second-order valence-electron chi connectivity index (χ2n) is 3.70. The minimum absolute atomic E-state index is 0.0116. The van der Waals surface area contributed by atoms with Gasteiger partial charge >= 0.3 is 11.9 Å². The van der Waals surface area contributed by atoms with E-state index in [1.54, 1.807) is 0 Å². The van der Waals surface area contributed by atoms with Crippen LogP contribution in [0.4, 0.5) is 10.1 Å². The number of carbonyl (C=O) groups is 2. The molecule has 1 aromatic carbocycles. The van der Waals surface area contributed by atoms with Crippen LogP contribution < -0.4 is 11.1 Å². The average molecular weight is 256 g/mol. The monoisotopic (exact) mass is 256 g/mol. The summed E-state index contributed by atoms with van der Waals surface area (Å²) in [5.74, 6) is -3.22. The van der Waals surface area contributed by atoms with Crippen molar-refractivity contribution in [3.8, 4) is 0 Å². The summed E-state index contributed by atoms with van der Waals surface area (Å²) in [7, 11) is 0. The predicted molar refractivity (Wildman–Crippen MR) is 61.7 cm³/mol. The van der Waals surface area contributed by atoms with E-state index in [0.29, 0.717) is 0 Å². The summed E-state index contributed by atoms with van der Waals surface area (Å²) in [5.41, 5.74) is 5.24. The smallest absolute Gasteiger partial charge is 0.326 e. The minimum atomic E-state index is -1.33. The summed E-state index contributed by atoms with van der Waals surface area (Å²) in [6.45, 7) is 0. The highest BCUT2D eigenvalue weighted by Gasteiger charge is 2.24. The van der Waals surface area contributed by atoms with Gasteiger partial charge in [0.15, 0.2) is 0 Å². The van der Waals surface area contributed by atoms with Crippen LogP contribution in [0.5, 0.6) is 0 Å². The number of carboxylic acid groups (broad SMARTS) is 2. The number of hydrogen-bond acceptors (Lipinski definition) is 4. The molecule has 1 rings (SSSR count). The van der Waals surface area contributed by atoms with Gasteiger partial charge in [-0.2, -0.15) is 0 Å². The molecule has 0 aliphatic heterocycles. The Morgan fingerprint density at radius 1 is 1.28 bits per heavy atom. The van der Waals surface area contributed by atoms with E-state index in [2.05, 4.69) is 5.32 Å². The fourth-order valence-electron chi connectivity index (χ4n) is 1.34. The first-order chi connectivity index (χ1) is 8.41. The highest BCUT2D eigenvalue weighted by Crippen LogP contribution is 2.15. The first-order valence-electron chi connectivity index (χ1n) is 5.14. The Morgan fingerprint density at radius 2 is 1.89 bits per heavy atom. The molecule has 0 spiro atoms. The molecule has 0 saturated heterocycles. The third-order valence-corrected chi connectivity index (χ3v) is 2.31. The number of nitrogens with two attached hydrogens (primary N) is 1. The number of anilines is 1. The third kappa shape index (κ3) is 3.70. The Bertz CT molecular complexity index is 452. The zero-order chi connectivity index (χ0) is 13.7. The van der Waals surface area contributed by atoms with Crippen LogP contribution in [0, 0.1) is 5.82 Å². The van der Waals surface area contributed by atoms with Gasteiger partial charge in [-0.15, -0.1) is 0 Å². The zero-order valence-corrected chi connectivity index (χ0v) is 9.34. The highest BCUT2D eigenvalue weighted by atomic mass is 19.1. The summed E-state index contributed by atoms with van der Waals surface area (Å²) < 4.78 is 13.3. The number of halogens is 1. The molecule has 1 unspecified atom stereocenters. The lowest BCUT2D eigenvalue weighted by molar-refractivity contribution is -0.140. The SMILES string of the molecule is N[C@@H](CC(Nc1ccccc1F)C(=O)O)C(=O)O. The molecule has 0 aromatic heterocycles. The Hall–Kier alpha value is -2.15. The second kappa shape index (κ2) is 5.97. The van der Waals surface area contributed by atoms with Gasteiger partial charge in [-0.1, -0.05) is 12.1 Å². The number of nitrogens with one attached hydrogen (secondary N) is 1. The number of benzene rings is 1. The van der Waals surface area contributed by atoms with Crippen molar-refractivity contribution in [2.24, 2.45) is 5.73 Å². The predicted octanol–water partition coefficient (Wildman–Crippen LogP) is 0.493. The topological polar surface area (TPSA) is 113 Å². The number of aliphatic carboxylic acids is 2. The maximum Gasteiger partial charge on any atom is 0.326 e. The van der Waals surface area contributed by atoms with Crippen molar-refractivity contribution >= 4 is 17.6 Å². The van der Waals surface area contributed by atoms with E-state index in [9.17, 15) is 14.0 Å². The first-order valence-corrected chi connectivity index (χ1v) is 5.14. The molecule has 2 atom stereocenters. The number of carboxylic acids is 2. The summed E-state index contributed by atoms with van der Waals surface area (Å²) >= 11 is 0. The van der Waals surface area contributed by atoms with Gasteiger partial charge in [-0.05, 0) is 12.1 Å². The summed E-state index contributed by atoms with van der Waals surface area (Å²) in [4.78, 5) is 21.5. The van der Waals surface area contributed by atoms with E-state index in [4.69, 9.17) is 15.9 Å². The van der Waals surface area contributed by atoms with Gasteiger partial charge < -0.3 is 21.3 Å². The molecule has 7 heteroatoms. The van der Waals surface area contributed by atoms with Gasteiger partial charge in [-0.25, -0.2) is 9.18 Å². The lowest BCUT2D eigenvalue weighted by Gasteiger charge is -2.18. The van der Waals surface area contributed by atoms with E-state index in [1.165, 1.54) is 24.3 Å². The van der Waals surface area contributed by atoms with E-state index < -0.39 is 29.8 Å². The molecule has 98 valence electrons. The van der Waals surface area contributed by atoms with Crippen LogP contribution in [0.3, 0.4) is 0 Å². The van der Waals surface area contributed by atoms with Gasteiger partial charge in [0, 0.05) is 6.42 Å². The molecule has 0 amide bonds. The lowest BCUT2D eigenvalue weighted by Crippen LogP contribution is -2.40. The fourth-order valence-corrected chi connectivity index (χ4v) is 1.34. The molecule has 0 aliphatic rings. The molecule has 6 nitrogen and oxygen atoms in total. The van der Waals surface area contributed by atoms with Gasteiger partial charge in [0.2, 0.25) is 0 Å². The molecule has 18 heavy (non-hydrogen) atoms. The molecule has 0 fully saturated rings. The van der Waals surface area contributed by atoms with Crippen molar-refractivity contribution in [3.05, 3.63) is 30.1 Å². The van der Waals surface area contributed by atoms with Crippen LogP contribution >= 0.6 is 0 Å². The Labute approximate surface area is 102 Å². The molecule has 0 heterocycles. The Morgan fingerprint density at radius 3 is 2.39 bits per heavy atom. The van der Waals surface area contributed by atoms with Crippen LogP contribution in [-0.2, 0) is 9.59 Å². The molecule has 5 N–H and O–H groups in total. The van der Waals surface area contributed by atoms with E-state index in [1.807, 2.05) is 0 Å². The van der Waals surface area contributed by atoms with Crippen molar-refractivity contribution in [2.75, 3.05) is 5.32 Å². The number of hydrogen-bond donors (Lipinski definition) is 4. The minimum Gasteiger partial charge on any atom is -0.480 e. The quantitative estimate of drug-likeness (QED) is 0.589. The molecule has 0 bridgehead atoms. The van der Waals surface area contributed by atoms with Gasteiger partial charge in [0.25, 0.3) is 0 Å². The number of rotatable bonds is 6. The van der Waals surface area contributed by atoms with Crippen molar-refractivity contribution in [1.82, 2.24) is 0 Å². The number of para-hydroxylation sites is 1. The Kier molecular flexibility index (Phi) is 4.61. The van der Waals surface area contributed by atoms with Crippen LogP contribution in [-0.4, -0.2) is 34.2 Å². The summed E-state index contributed by atoms with van der Waals surface area (Å²) in [6.07, 6.45) is -0.348. The van der Waals surface area contributed by atoms with Crippen LogP contribution in [0.25, 0.3) is 0 Å². The average Bonchev–Trinajstić information content (AvgIpc) is 2.30. The van der Waals surface area contributed by atoms with Crippen LogP contribution in [0.15, 0.2) is 24.3 Å². The first kappa shape index (κ1) is 13.9. The molecule has 0 radical (unpaired) electrons. The molecule has 1 aromatic rings. The van der Waals surface area contributed by atoms with Crippen molar-refractivity contribution in [2.45, 2.75) is 18.5 Å². The summed E-state index contributed by atoms with van der Waals surface area (Å²) in [5, 5.41) is 20.0. The molecule has 0 aliphatic carbocycles. The van der Waals surface area contributed by atoms with Crippen molar-refractivity contribution in [1.29, 1.82) is 0 Å². The van der Waals surface area contributed by atoms with Gasteiger partial charge in [-0.3, -0.25) is 4.79 Å². The standard InChI is InChI=1S/C11H13FN2O4/c12-6-3-1-2-4-8(6)14-9(11(17)18)5-7(13)10(15)16/h1-4,7,9,14H,5,13H2,(H,15,16)(H,17,18)/t7-,9?/m0/s1. The van der Waals surface area contributed by atoms with E-state index in [-0.39, 0.29) is 12.1 Å². The largest absolute Gasteiger partial charge is 0.480 e. The van der Waals surface area contributed by atoms with Gasteiger partial charge in [0.1, 0.15) is 17.9 Å². The second-order valence-corrected chi connectivity index (χ2v) is 3.70. The summed E-state index contributed by atoms with van der Waals surface area (Å²) in [6, 6.07) is 2.91. The lowest BCUT2D eigenvalue weighted by atomic mass is 10.1. The zero-order valence-electron chi connectivity index (χ0n) is 9.34. The normalized spacial score (nSPS) is 13.7. The van der Waals surface area contributed by atoms with Crippen LogP contribution in [0.2, 0.25) is 0 Å². The fraction of sp³-hybridized carbons (Fsp3) is 0.273. The maximum atomic E-state index is 13.3. The molecular weight excluding hydrogens is 243 g/mol. The van der Waals surface area contributed by atoms with E-state index >= 15 is 0 Å². The Balaban J connectivity index is 2.78. The third-order valence-electron chi connectivity index (χ3n) is 2.31. The molecule has 0 saturated carbocycles. The highest BCUT2D eigenvalue weighted by molar-refractivity contribution is 5.80.